The van der Waals surface area contributed by atoms with Crippen molar-refractivity contribution in [1.82, 2.24) is 72.7 Å². The highest BCUT2D eigenvalue weighted by Gasteiger charge is 2.41. The van der Waals surface area contributed by atoms with Crippen LogP contribution in [0.25, 0.3) is 21.8 Å². The van der Waals surface area contributed by atoms with Gasteiger partial charge in [-0.15, -0.1) is 0 Å². The molecule has 33 nitrogen and oxygen atoms in total. The Morgan fingerprint density at radius 1 is 0.657 bits per heavy atom. The molecule has 3 aromatic carbocycles. The van der Waals surface area contributed by atoms with Gasteiger partial charge in [-0.05, 0) is 85.4 Å². The van der Waals surface area contributed by atoms with Crippen LogP contribution in [0.3, 0.4) is 0 Å². The summed E-state index contributed by atoms with van der Waals surface area (Å²) in [6, 6.07) is 7.78. The van der Waals surface area contributed by atoms with Gasteiger partial charge in [0.15, 0.2) is 5.96 Å². The van der Waals surface area contributed by atoms with Crippen molar-refractivity contribution in [3.05, 3.63) is 120 Å². The van der Waals surface area contributed by atoms with Crippen LogP contribution in [-0.4, -0.2) is 204 Å². The molecule has 8 rings (SSSR count). The number of aromatic amines is 3. The topological polar surface area (TPSA) is 528 Å². The normalized spacial score (nSPS) is 16.3. The van der Waals surface area contributed by atoms with Gasteiger partial charge in [-0.1, -0.05) is 62.4 Å². The van der Waals surface area contributed by atoms with Crippen molar-refractivity contribution < 1.29 is 86.0 Å². The summed E-state index contributed by atoms with van der Waals surface area (Å²) in [5, 5.41) is 53.6. The number of hydrogen-bond donors (Lipinski definition) is 18. The summed E-state index contributed by atoms with van der Waals surface area (Å²) in [5.74, 6) is -11.8. The number of benzene rings is 3. The number of phenols is 1. The van der Waals surface area contributed by atoms with Gasteiger partial charge in [-0.2, -0.15) is 13.2 Å². The largest absolute Gasteiger partial charge is 0.508 e. The summed E-state index contributed by atoms with van der Waals surface area (Å²) in [6.45, 7) is 2.33. The Bertz CT molecular complexity index is 3990. The number of nitrogens with zero attached hydrogens (tertiary/aromatic N) is 3. The van der Waals surface area contributed by atoms with Crippen molar-refractivity contribution >= 4 is 98.7 Å². The molecule has 9 atom stereocenters. The Kier molecular flexibility index (Phi) is 27.8. The highest BCUT2D eigenvalue weighted by atomic mass is 19.4. The predicted molar refractivity (Wildman–Crippen MR) is 360 cm³/mol. The third-order valence-electron chi connectivity index (χ3n) is 16.6. The van der Waals surface area contributed by atoms with Gasteiger partial charge in [0.2, 0.25) is 65.0 Å². The average molecular weight is 1430 g/mol. The van der Waals surface area contributed by atoms with E-state index < -0.39 is 139 Å². The fourth-order valence-electron chi connectivity index (χ4n) is 11.5. The molecule has 0 spiro atoms. The number of guanidine groups is 1. The zero-order chi connectivity index (χ0) is 74.4. The molecule has 2 aliphatic heterocycles. The number of carboxylic acids is 1. The lowest BCUT2D eigenvalue weighted by Gasteiger charge is -2.30. The van der Waals surface area contributed by atoms with Gasteiger partial charge in [-0.3, -0.25) is 57.7 Å². The lowest BCUT2D eigenvalue weighted by atomic mass is 9.99. The Labute approximate surface area is 580 Å². The van der Waals surface area contributed by atoms with Gasteiger partial charge in [-0.25, -0.2) is 9.78 Å². The number of aliphatic hydroxyl groups is 1. The molecule has 21 N–H and O–H groups in total. The number of carbonyl (C=O) groups excluding carboxylic acids is 11. The van der Waals surface area contributed by atoms with Gasteiger partial charge in [0.05, 0.1) is 19.5 Å². The molecule has 2 fully saturated rings. The van der Waals surface area contributed by atoms with Crippen molar-refractivity contribution in [1.29, 1.82) is 0 Å². The quantitative estimate of drug-likeness (QED) is 0.0125. The Balaban J connectivity index is 0.00000198. The minimum atomic E-state index is -5.08. The Morgan fingerprint density at radius 3 is 1.67 bits per heavy atom. The molecule has 5 heterocycles. The summed E-state index contributed by atoms with van der Waals surface area (Å²) in [7, 11) is 0. The number of carboxylic acid groups (broad SMARTS) is 1. The number of aromatic hydroxyl groups is 1. The number of amides is 11. The van der Waals surface area contributed by atoms with E-state index in [1.807, 2.05) is 0 Å². The Morgan fingerprint density at radius 2 is 1.17 bits per heavy atom. The van der Waals surface area contributed by atoms with Gasteiger partial charge < -0.3 is 100 Å². The van der Waals surface area contributed by atoms with E-state index in [0.717, 1.165) is 0 Å². The van der Waals surface area contributed by atoms with E-state index in [-0.39, 0.29) is 101 Å². The first-order valence-corrected chi connectivity index (χ1v) is 32.6. The molecule has 2 saturated heterocycles. The molecule has 11 amide bonds. The van der Waals surface area contributed by atoms with Gasteiger partial charge in [0.1, 0.15) is 60.1 Å². The Hall–Kier alpha value is -11.6. The number of hydrogen-bond acceptors (Lipinski definition) is 16. The van der Waals surface area contributed by atoms with Crippen LogP contribution >= 0.6 is 0 Å². The molecule has 548 valence electrons. The van der Waals surface area contributed by atoms with Gasteiger partial charge >= 0.3 is 12.1 Å². The van der Waals surface area contributed by atoms with Crippen molar-refractivity contribution in [3.8, 4) is 5.75 Å². The number of aliphatic hydroxyl groups excluding tert-OH is 1. The molecule has 0 bridgehead atoms. The van der Waals surface area contributed by atoms with Crippen LogP contribution in [0.2, 0.25) is 0 Å². The zero-order valence-corrected chi connectivity index (χ0v) is 55.6. The zero-order valence-electron chi connectivity index (χ0n) is 55.6. The van der Waals surface area contributed by atoms with Crippen LogP contribution in [0, 0.1) is 5.92 Å². The third-order valence-corrected chi connectivity index (χ3v) is 16.6. The second-order valence-corrected chi connectivity index (χ2v) is 24.8. The molecule has 2 aliphatic rings. The maximum Gasteiger partial charge on any atom is 0.490 e. The number of carbonyl (C=O) groups is 12. The summed E-state index contributed by atoms with van der Waals surface area (Å²) < 4.78 is 31.7. The SMILES string of the molecule is CC(C)C[C@@H](NC(=O)[C@@H](Cc1c[nH]c2ccccc12)NC(=O)[C@H](Cc1ccc(O)cc1)NC(=O)[C@H](CO)NC(=O)[C@H](Cc1c[nH]c2ccccc12)NC(=O)[C@H](Cc1cnc[nH]1)NC(=O)[C@@H]1CCC(=O)N1)C(=O)N[C@@H](CCCN=C(N)N)C(=O)N1CCC[C@H]1C(=O)NCC(N)=O.O=C(O)C(F)(F)F. The van der Waals surface area contributed by atoms with Crippen LogP contribution in [0.1, 0.15) is 81.2 Å². The highest BCUT2D eigenvalue weighted by molar-refractivity contribution is 6.00. The second-order valence-electron chi connectivity index (χ2n) is 24.8. The number of aliphatic imine (C=N–C) groups is 1. The first-order chi connectivity index (χ1) is 48.5. The van der Waals surface area contributed by atoms with Gasteiger partial charge in [0.25, 0.3) is 0 Å². The maximum absolute atomic E-state index is 15.1. The van der Waals surface area contributed by atoms with Crippen LogP contribution in [-0.2, 0) is 83.2 Å². The number of fused-ring (bicyclic) bond motifs is 2. The molecule has 0 unspecified atom stereocenters. The lowest BCUT2D eigenvalue weighted by molar-refractivity contribution is -0.192. The number of para-hydroxylation sites is 2. The molecular weight excluding hydrogens is 1340 g/mol. The predicted octanol–water partition coefficient (Wildman–Crippen LogP) is -1.66. The number of imidazole rings is 1. The molecule has 36 heteroatoms. The lowest BCUT2D eigenvalue weighted by Crippen LogP contribution is -2.61. The van der Waals surface area contributed by atoms with Crippen LogP contribution in [0.5, 0.6) is 5.75 Å². The van der Waals surface area contributed by atoms with E-state index >= 15 is 9.59 Å². The minimum absolute atomic E-state index is 0.00905. The third kappa shape index (κ3) is 22.7. The van der Waals surface area contributed by atoms with Crippen molar-refractivity contribution in [2.45, 2.75) is 145 Å². The number of alkyl halides is 3. The van der Waals surface area contributed by atoms with Gasteiger partial charge in [0, 0.05) is 91.3 Å². The molecule has 0 saturated carbocycles. The second kappa shape index (κ2) is 36.5. The number of nitrogens with two attached hydrogens (primary N) is 3. The fraction of sp³-hybridized carbons (Fsp3) is 0.424. The van der Waals surface area contributed by atoms with E-state index in [0.29, 0.717) is 50.6 Å². The number of halogens is 3. The minimum Gasteiger partial charge on any atom is -0.508 e. The van der Waals surface area contributed by atoms with E-state index in [2.05, 4.69) is 72.8 Å². The van der Waals surface area contributed by atoms with Crippen molar-refractivity contribution in [2.75, 3.05) is 26.2 Å². The molecule has 0 aliphatic carbocycles. The van der Waals surface area contributed by atoms with Crippen molar-refractivity contribution in [2.24, 2.45) is 28.1 Å². The standard InChI is InChI=1S/C64H82N18O13.C2HF3O2/c1-34(2)23-46(56(88)75-45(13-7-21-69-64(66)67)63(95)82-22-8-14-52(82)62(94)72-31-53(65)85)76-58(90)48(25-36-28-70-42-11-5-3-9-40(36)42)78-57(89)47(24-35-15-17-39(84)18-16-35)77-61(93)51(32-83)81-59(91)49(26-37-29-71-43-12-6-4-10-41(37)43)79-60(92)50(27-38-30-68-33-73-38)80-55(87)44-19-20-54(86)74-44;3-2(4,5)1(6)7/h3-6,9-12,15-18,28-30,33-34,44-52,70-71,83-84H,7-8,13-14,19-27,31-32H2,1-2H3,(H2,65,85)(H,68,73)(H,72,94)(H,74,86)(H,75,88)(H,76,90)(H,77,93)(H,78,89)(H,79,92)(H,80,87)(H,81,91)(H4,66,67,69);(H,6,7)/t44-,45-,46+,47-,48+,49-,50-,51-,52-;/m0./s1. The number of aromatic nitrogens is 4. The number of aliphatic carboxylic acids is 1. The first kappa shape index (κ1) is 77.8. The van der Waals surface area contributed by atoms with E-state index in [1.165, 1.54) is 41.7 Å². The molecule has 0 radical (unpaired) electrons. The van der Waals surface area contributed by atoms with Crippen LogP contribution in [0.15, 0.2) is 103 Å². The first-order valence-electron chi connectivity index (χ1n) is 32.6. The number of phenolic OH excluding ortho intramolecular Hbond substituents is 1. The maximum atomic E-state index is 15.1. The molecule has 3 aromatic heterocycles. The summed E-state index contributed by atoms with van der Waals surface area (Å²) in [6.07, 6.45) is 1.43. The monoisotopic (exact) mass is 1420 g/mol. The van der Waals surface area contributed by atoms with Crippen molar-refractivity contribution in [3.63, 3.8) is 0 Å². The number of primary amides is 1. The average Bonchev–Trinajstić information content (AvgIpc) is 1.43. The smallest absolute Gasteiger partial charge is 0.490 e. The van der Waals surface area contributed by atoms with Crippen LogP contribution < -0.4 is 65.1 Å². The summed E-state index contributed by atoms with van der Waals surface area (Å²) >= 11 is 0. The molecule has 102 heavy (non-hydrogen) atoms. The number of rotatable bonds is 33. The fourth-order valence-corrected chi connectivity index (χ4v) is 11.5. The number of nitrogens with one attached hydrogen (secondary N) is 12. The van der Waals surface area contributed by atoms with E-state index in [9.17, 15) is 66.5 Å². The number of H-pyrrole nitrogens is 3. The van der Waals surface area contributed by atoms with Crippen LogP contribution in [0.4, 0.5) is 13.2 Å². The van der Waals surface area contributed by atoms with E-state index in [4.69, 9.17) is 27.1 Å². The number of likely N-dealkylation sites (tertiary alicyclic amines) is 1. The highest BCUT2D eigenvalue weighted by Crippen LogP contribution is 2.24. The van der Waals surface area contributed by atoms with E-state index in [1.54, 1.807) is 74.8 Å². The summed E-state index contributed by atoms with van der Waals surface area (Å²) in [4.78, 5) is 181. The molecule has 6 aromatic rings. The molecular formula is C66H83F3N18O15. The summed E-state index contributed by atoms with van der Waals surface area (Å²) in [5.41, 5.74) is 19.8.